The van der Waals surface area contributed by atoms with E-state index in [2.05, 4.69) is 38.1 Å². The van der Waals surface area contributed by atoms with E-state index < -0.39 is 12.2 Å². The summed E-state index contributed by atoms with van der Waals surface area (Å²) in [7, 11) is 0. The van der Waals surface area contributed by atoms with E-state index in [1.54, 1.807) is 0 Å². The minimum atomic E-state index is -0.801. The van der Waals surface area contributed by atoms with Crippen LogP contribution in [0, 0.1) is 13.8 Å². The van der Waals surface area contributed by atoms with Crippen molar-refractivity contribution < 1.29 is 24.5 Å². The largest absolute Gasteiger partial charge is 0.490 e. The van der Waals surface area contributed by atoms with E-state index in [0.717, 1.165) is 29.7 Å². The summed E-state index contributed by atoms with van der Waals surface area (Å²) in [5, 5.41) is 19.5. The Morgan fingerprint density at radius 1 is 0.818 bits per heavy atom. The van der Waals surface area contributed by atoms with Crippen LogP contribution in [0.4, 0.5) is 0 Å². The molecule has 0 aliphatic carbocycles. The Hall–Kier alpha value is -2.37. The average Bonchev–Trinajstić information content (AvgIpc) is 2.83. The fourth-order valence-corrected chi connectivity index (χ4v) is 4.32. The molecular formula is C28H40O5. The second-order valence-corrected chi connectivity index (χ2v) is 8.96. The number of aryl methyl sites for hydroxylation is 2. The number of rotatable bonds is 13. The van der Waals surface area contributed by atoms with Gasteiger partial charge < -0.3 is 19.7 Å². The lowest BCUT2D eigenvalue weighted by Crippen LogP contribution is -2.34. The zero-order chi connectivity index (χ0) is 24.6. The summed E-state index contributed by atoms with van der Waals surface area (Å²) in [5.74, 6) is 1.11. The van der Waals surface area contributed by atoms with Crippen LogP contribution in [0.2, 0.25) is 0 Å². The Kier molecular flexibility index (Phi) is 9.50. The van der Waals surface area contributed by atoms with Crippen molar-refractivity contribution in [3.8, 4) is 11.5 Å². The molecule has 0 aromatic heterocycles. The Labute approximate surface area is 198 Å². The third-order valence-electron chi connectivity index (χ3n) is 7.04. The number of carbonyl (C=O) groups is 1. The highest BCUT2D eigenvalue weighted by atomic mass is 16.5. The fraction of sp³-hybridized carbons (Fsp3) is 0.536. The molecule has 0 saturated heterocycles. The lowest BCUT2D eigenvalue weighted by molar-refractivity contribution is -0.123. The number of Topliss-reactive ketones (excluding diaryl/α,β-unsaturated/α-hetero) is 1. The van der Waals surface area contributed by atoms with Gasteiger partial charge in [-0.3, -0.25) is 4.79 Å². The molecular weight excluding hydrogens is 416 g/mol. The third kappa shape index (κ3) is 6.15. The summed E-state index contributed by atoms with van der Waals surface area (Å²) in [6.07, 6.45) is 3.17. The van der Waals surface area contributed by atoms with Gasteiger partial charge in [-0.2, -0.15) is 0 Å². The SMILES string of the molecule is CCC(O)(CC)COc1ccc(C(CC)(CC)c2ccc(OCC(=O)CO)c(C)c2)cc1C. The summed E-state index contributed by atoms with van der Waals surface area (Å²) in [6, 6.07) is 12.5. The second kappa shape index (κ2) is 11.7. The third-order valence-corrected chi connectivity index (χ3v) is 7.04. The normalized spacial score (nSPS) is 12.0. The molecule has 182 valence electrons. The molecule has 2 rings (SSSR count). The van der Waals surface area contributed by atoms with Crippen molar-refractivity contribution >= 4 is 5.78 Å². The van der Waals surface area contributed by atoms with Gasteiger partial charge in [-0.15, -0.1) is 0 Å². The Morgan fingerprint density at radius 3 is 1.70 bits per heavy atom. The van der Waals surface area contributed by atoms with Crippen molar-refractivity contribution in [2.24, 2.45) is 0 Å². The van der Waals surface area contributed by atoms with Gasteiger partial charge in [-0.1, -0.05) is 52.0 Å². The minimum absolute atomic E-state index is 0.130. The summed E-state index contributed by atoms with van der Waals surface area (Å²) >= 11 is 0. The first kappa shape index (κ1) is 26.9. The molecule has 0 fully saturated rings. The molecule has 5 nitrogen and oxygen atoms in total. The van der Waals surface area contributed by atoms with Crippen LogP contribution < -0.4 is 9.47 Å². The van der Waals surface area contributed by atoms with Crippen molar-refractivity contribution in [2.75, 3.05) is 19.8 Å². The van der Waals surface area contributed by atoms with Gasteiger partial charge in [0.15, 0.2) is 5.78 Å². The molecule has 2 N–H and O–H groups in total. The monoisotopic (exact) mass is 456 g/mol. The Bertz CT molecular complexity index is 926. The first-order chi connectivity index (χ1) is 15.7. The molecule has 33 heavy (non-hydrogen) atoms. The van der Waals surface area contributed by atoms with Gasteiger partial charge in [0.25, 0.3) is 0 Å². The molecule has 2 aromatic carbocycles. The number of aliphatic hydroxyl groups excluding tert-OH is 1. The van der Waals surface area contributed by atoms with Crippen molar-refractivity contribution in [3.05, 3.63) is 58.7 Å². The van der Waals surface area contributed by atoms with Gasteiger partial charge in [0, 0.05) is 5.41 Å². The number of benzene rings is 2. The van der Waals surface area contributed by atoms with E-state index in [4.69, 9.17) is 14.6 Å². The molecule has 0 atom stereocenters. The summed E-state index contributed by atoms with van der Waals surface area (Å²) in [4.78, 5) is 11.4. The quantitative estimate of drug-likeness (QED) is 0.429. The second-order valence-electron chi connectivity index (χ2n) is 8.96. The standard InChI is InChI=1S/C28H40O5/c1-7-27(31,8-2)19-33-26-14-12-23(16-21(26)6)28(9-3,10-4)22-11-13-25(20(5)15-22)32-18-24(30)17-29/h11-16,29,31H,7-10,17-19H2,1-6H3. The van der Waals surface area contributed by atoms with Crippen molar-refractivity contribution in [1.82, 2.24) is 0 Å². The van der Waals surface area contributed by atoms with Crippen LogP contribution >= 0.6 is 0 Å². The van der Waals surface area contributed by atoms with Crippen molar-refractivity contribution in [3.63, 3.8) is 0 Å². The van der Waals surface area contributed by atoms with Gasteiger partial charge >= 0.3 is 0 Å². The number of hydrogen-bond acceptors (Lipinski definition) is 5. The van der Waals surface area contributed by atoms with Crippen LogP contribution in [0.5, 0.6) is 11.5 Å². The molecule has 2 aromatic rings. The smallest absolute Gasteiger partial charge is 0.195 e. The highest BCUT2D eigenvalue weighted by Crippen LogP contribution is 2.41. The zero-order valence-electron chi connectivity index (χ0n) is 21.0. The van der Waals surface area contributed by atoms with Gasteiger partial charge in [-0.25, -0.2) is 0 Å². The van der Waals surface area contributed by atoms with Crippen LogP contribution in [-0.2, 0) is 10.2 Å². The zero-order valence-corrected chi connectivity index (χ0v) is 21.0. The first-order valence-corrected chi connectivity index (χ1v) is 12.0. The van der Waals surface area contributed by atoms with E-state index in [9.17, 15) is 9.90 Å². The van der Waals surface area contributed by atoms with Gasteiger partial charge in [-0.05, 0) is 73.9 Å². The van der Waals surface area contributed by atoms with Crippen LogP contribution in [0.3, 0.4) is 0 Å². The van der Waals surface area contributed by atoms with E-state index >= 15 is 0 Å². The van der Waals surface area contributed by atoms with E-state index in [0.29, 0.717) is 18.6 Å². The maximum Gasteiger partial charge on any atom is 0.195 e. The van der Waals surface area contributed by atoms with Crippen molar-refractivity contribution in [1.29, 1.82) is 0 Å². The average molecular weight is 457 g/mol. The molecule has 0 saturated carbocycles. The van der Waals surface area contributed by atoms with Crippen LogP contribution in [-0.4, -0.2) is 41.4 Å². The maximum absolute atomic E-state index is 11.4. The van der Waals surface area contributed by atoms with Crippen LogP contribution in [0.1, 0.15) is 75.6 Å². The topological polar surface area (TPSA) is 76.0 Å². The van der Waals surface area contributed by atoms with Gasteiger partial charge in [0.05, 0.1) is 5.60 Å². The predicted molar refractivity (Wildman–Crippen MR) is 132 cm³/mol. The van der Waals surface area contributed by atoms with E-state index in [1.165, 1.54) is 11.1 Å². The number of aliphatic hydroxyl groups is 2. The van der Waals surface area contributed by atoms with E-state index in [-0.39, 0.29) is 24.4 Å². The highest BCUT2D eigenvalue weighted by molar-refractivity contribution is 5.80. The number of ether oxygens (including phenoxy) is 2. The predicted octanol–water partition coefficient (Wildman–Crippen LogP) is 5.28. The fourth-order valence-electron chi connectivity index (χ4n) is 4.32. The molecule has 5 heteroatoms. The minimum Gasteiger partial charge on any atom is -0.490 e. The summed E-state index contributed by atoms with van der Waals surface area (Å²) in [5.41, 5.74) is 3.46. The summed E-state index contributed by atoms with van der Waals surface area (Å²) < 4.78 is 11.6. The highest BCUT2D eigenvalue weighted by Gasteiger charge is 2.32. The molecule has 0 amide bonds. The molecule has 0 heterocycles. The van der Waals surface area contributed by atoms with Gasteiger partial charge in [0.2, 0.25) is 0 Å². The number of hydrogen-bond donors (Lipinski definition) is 2. The maximum atomic E-state index is 11.4. The Balaban J connectivity index is 2.34. The molecule has 0 aliphatic heterocycles. The molecule has 0 radical (unpaired) electrons. The van der Waals surface area contributed by atoms with Gasteiger partial charge in [0.1, 0.15) is 31.3 Å². The molecule has 0 bridgehead atoms. The Morgan fingerprint density at radius 2 is 1.30 bits per heavy atom. The van der Waals surface area contributed by atoms with Crippen molar-refractivity contribution in [2.45, 2.75) is 78.2 Å². The van der Waals surface area contributed by atoms with Crippen LogP contribution in [0.15, 0.2) is 36.4 Å². The lowest BCUT2D eigenvalue weighted by atomic mass is 9.70. The number of ketones is 1. The summed E-state index contributed by atoms with van der Waals surface area (Å²) in [6.45, 7) is 12.0. The lowest BCUT2D eigenvalue weighted by Gasteiger charge is -2.34. The van der Waals surface area contributed by atoms with E-state index in [1.807, 2.05) is 39.8 Å². The molecule has 0 aliphatic rings. The number of carbonyl (C=O) groups excluding carboxylic acids is 1. The van der Waals surface area contributed by atoms with Crippen LogP contribution in [0.25, 0.3) is 0 Å². The molecule has 0 unspecified atom stereocenters. The first-order valence-electron chi connectivity index (χ1n) is 12.0. The molecule has 0 spiro atoms.